The Balaban J connectivity index is 1.66. The van der Waals surface area contributed by atoms with Gasteiger partial charge >= 0.3 is 0 Å². The van der Waals surface area contributed by atoms with Crippen molar-refractivity contribution in [3.05, 3.63) is 24.2 Å². The molecule has 2 heteroatoms. The molecule has 1 aliphatic carbocycles. The zero-order valence-electron chi connectivity index (χ0n) is 11.8. The van der Waals surface area contributed by atoms with Gasteiger partial charge in [-0.25, -0.2) is 0 Å². The molecule has 1 aliphatic rings. The first-order valence-corrected chi connectivity index (χ1v) is 7.50. The fourth-order valence-electron chi connectivity index (χ4n) is 3.21. The number of nitrogens with one attached hydrogen (secondary N) is 1. The summed E-state index contributed by atoms with van der Waals surface area (Å²) in [5.41, 5.74) is 0. The van der Waals surface area contributed by atoms with Crippen molar-refractivity contribution < 1.29 is 4.42 Å². The van der Waals surface area contributed by atoms with Gasteiger partial charge in [-0.05, 0) is 43.2 Å². The van der Waals surface area contributed by atoms with E-state index in [1.807, 2.05) is 6.07 Å². The van der Waals surface area contributed by atoms with E-state index in [-0.39, 0.29) is 0 Å². The average molecular weight is 249 g/mol. The van der Waals surface area contributed by atoms with Gasteiger partial charge in [-0.2, -0.15) is 0 Å². The summed E-state index contributed by atoms with van der Waals surface area (Å²) in [4.78, 5) is 0. The Kier molecular flexibility index (Phi) is 5.30. The van der Waals surface area contributed by atoms with Gasteiger partial charge in [0.25, 0.3) is 0 Å². The maximum atomic E-state index is 5.36. The summed E-state index contributed by atoms with van der Waals surface area (Å²) in [6.45, 7) is 5.73. The third kappa shape index (κ3) is 4.49. The van der Waals surface area contributed by atoms with Crippen LogP contribution in [0.15, 0.2) is 22.8 Å². The standard InChI is InChI=1S/C16H27NO/c1-13(2)11-14-5-3-6-15(12-14)17-9-8-16-7-4-10-18-16/h4,7,10,13-15,17H,3,5-6,8-9,11-12H2,1-2H3. The van der Waals surface area contributed by atoms with Crippen molar-refractivity contribution in [2.45, 2.75) is 58.4 Å². The van der Waals surface area contributed by atoms with Gasteiger partial charge in [0.2, 0.25) is 0 Å². The Morgan fingerprint density at radius 1 is 1.39 bits per heavy atom. The first-order chi connectivity index (χ1) is 8.74. The predicted octanol–water partition coefficient (Wildman–Crippen LogP) is 4.02. The highest BCUT2D eigenvalue weighted by Crippen LogP contribution is 2.29. The van der Waals surface area contributed by atoms with Crippen LogP contribution < -0.4 is 5.32 Å². The van der Waals surface area contributed by atoms with E-state index in [9.17, 15) is 0 Å². The van der Waals surface area contributed by atoms with Gasteiger partial charge in [-0.3, -0.25) is 0 Å². The minimum Gasteiger partial charge on any atom is -0.469 e. The van der Waals surface area contributed by atoms with Gasteiger partial charge in [-0.1, -0.05) is 26.7 Å². The molecule has 0 saturated heterocycles. The monoisotopic (exact) mass is 249 g/mol. The molecular formula is C16H27NO. The van der Waals surface area contributed by atoms with Crippen LogP contribution in [0.3, 0.4) is 0 Å². The molecule has 0 amide bonds. The van der Waals surface area contributed by atoms with Crippen molar-refractivity contribution in [2.24, 2.45) is 11.8 Å². The normalized spacial score (nSPS) is 24.6. The van der Waals surface area contributed by atoms with Gasteiger partial charge in [-0.15, -0.1) is 0 Å². The lowest BCUT2D eigenvalue weighted by Crippen LogP contribution is -2.35. The van der Waals surface area contributed by atoms with Crippen LogP contribution in [0.2, 0.25) is 0 Å². The summed E-state index contributed by atoms with van der Waals surface area (Å²) >= 11 is 0. The van der Waals surface area contributed by atoms with Crippen molar-refractivity contribution in [1.82, 2.24) is 5.32 Å². The van der Waals surface area contributed by atoms with Gasteiger partial charge in [0.15, 0.2) is 0 Å². The van der Waals surface area contributed by atoms with E-state index >= 15 is 0 Å². The quantitative estimate of drug-likeness (QED) is 0.824. The van der Waals surface area contributed by atoms with Gasteiger partial charge in [0, 0.05) is 19.0 Å². The maximum Gasteiger partial charge on any atom is 0.105 e. The molecule has 18 heavy (non-hydrogen) atoms. The summed E-state index contributed by atoms with van der Waals surface area (Å²) in [5.74, 6) is 2.88. The van der Waals surface area contributed by atoms with Crippen LogP contribution in [0.4, 0.5) is 0 Å². The Labute approximate surface area is 111 Å². The predicted molar refractivity (Wildman–Crippen MR) is 75.6 cm³/mol. The second-order valence-corrected chi connectivity index (χ2v) is 6.14. The molecule has 0 aromatic carbocycles. The third-order valence-corrected chi connectivity index (χ3v) is 3.97. The number of hydrogen-bond acceptors (Lipinski definition) is 2. The lowest BCUT2D eigenvalue weighted by molar-refractivity contribution is 0.253. The van der Waals surface area contributed by atoms with Crippen molar-refractivity contribution in [1.29, 1.82) is 0 Å². The molecule has 2 atom stereocenters. The molecule has 1 heterocycles. The van der Waals surface area contributed by atoms with Crippen molar-refractivity contribution in [2.75, 3.05) is 6.54 Å². The SMILES string of the molecule is CC(C)CC1CCCC(NCCc2ccco2)C1. The Hall–Kier alpha value is -0.760. The molecule has 0 radical (unpaired) electrons. The Morgan fingerprint density at radius 3 is 3.00 bits per heavy atom. The number of rotatable bonds is 6. The smallest absolute Gasteiger partial charge is 0.105 e. The molecule has 1 saturated carbocycles. The molecule has 2 nitrogen and oxygen atoms in total. The largest absolute Gasteiger partial charge is 0.469 e. The third-order valence-electron chi connectivity index (χ3n) is 3.97. The van der Waals surface area contributed by atoms with Crippen LogP contribution in [-0.2, 0) is 6.42 Å². The van der Waals surface area contributed by atoms with Gasteiger partial charge in [0.1, 0.15) is 5.76 Å². The van der Waals surface area contributed by atoms with Crippen molar-refractivity contribution >= 4 is 0 Å². The van der Waals surface area contributed by atoms with E-state index in [0.717, 1.165) is 36.6 Å². The van der Waals surface area contributed by atoms with E-state index in [2.05, 4.69) is 25.2 Å². The zero-order valence-corrected chi connectivity index (χ0v) is 11.8. The molecule has 0 bridgehead atoms. The molecule has 0 spiro atoms. The van der Waals surface area contributed by atoms with E-state index in [1.165, 1.54) is 32.1 Å². The Morgan fingerprint density at radius 2 is 2.28 bits per heavy atom. The van der Waals surface area contributed by atoms with E-state index in [0.29, 0.717) is 0 Å². The number of furan rings is 1. The summed E-state index contributed by atoms with van der Waals surface area (Å²) in [7, 11) is 0. The van der Waals surface area contributed by atoms with Gasteiger partial charge < -0.3 is 9.73 Å². The second kappa shape index (κ2) is 6.98. The summed E-state index contributed by atoms with van der Waals surface area (Å²) in [5, 5.41) is 3.70. The van der Waals surface area contributed by atoms with E-state index < -0.39 is 0 Å². The lowest BCUT2D eigenvalue weighted by atomic mass is 9.81. The van der Waals surface area contributed by atoms with E-state index in [4.69, 9.17) is 4.42 Å². The molecule has 1 aromatic rings. The van der Waals surface area contributed by atoms with Crippen LogP contribution in [0.25, 0.3) is 0 Å². The summed E-state index contributed by atoms with van der Waals surface area (Å²) in [6.07, 6.45) is 9.73. The van der Waals surface area contributed by atoms with Crippen molar-refractivity contribution in [3.63, 3.8) is 0 Å². The molecule has 102 valence electrons. The topological polar surface area (TPSA) is 25.2 Å². The molecule has 2 unspecified atom stereocenters. The highest BCUT2D eigenvalue weighted by atomic mass is 16.3. The minimum atomic E-state index is 0.734. The Bertz CT molecular complexity index is 318. The fourth-order valence-corrected chi connectivity index (χ4v) is 3.21. The maximum absolute atomic E-state index is 5.36. The van der Waals surface area contributed by atoms with E-state index in [1.54, 1.807) is 6.26 Å². The fraction of sp³-hybridized carbons (Fsp3) is 0.750. The molecule has 1 aromatic heterocycles. The highest BCUT2D eigenvalue weighted by Gasteiger charge is 2.21. The lowest BCUT2D eigenvalue weighted by Gasteiger charge is -2.30. The zero-order chi connectivity index (χ0) is 12.8. The number of hydrogen-bond donors (Lipinski definition) is 1. The van der Waals surface area contributed by atoms with Crippen LogP contribution in [0, 0.1) is 11.8 Å². The van der Waals surface area contributed by atoms with Gasteiger partial charge in [0.05, 0.1) is 6.26 Å². The first kappa shape index (κ1) is 13.7. The van der Waals surface area contributed by atoms with Crippen LogP contribution in [0.5, 0.6) is 0 Å². The van der Waals surface area contributed by atoms with Crippen LogP contribution in [-0.4, -0.2) is 12.6 Å². The van der Waals surface area contributed by atoms with Crippen LogP contribution >= 0.6 is 0 Å². The average Bonchev–Trinajstić information content (AvgIpc) is 2.82. The van der Waals surface area contributed by atoms with Crippen molar-refractivity contribution in [3.8, 4) is 0 Å². The summed E-state index contributed by atoms with van der Waals surface area (Å²) in [6, 6.07) is 4.76. The summed E-state index contributed by atoms with van der Waals surface area (Å²) < 4.78 is 5.36. The molecule has 1 N–H and O–H groups in total. The first-order valence-electron chi connectivity index (χ1n) is 7.50. The molecule has 1 fully saturated rings. The highest BCUT2D eigenvalue weighted by molar-refractivity contribution is 4.98. The van der Waals surface area contributed by atoms with Crippen LogP contribution in [0.1, 0.15) is 51.7 Å². The molecule has 0 aliphatic heterocycles. The second-order valence-electron chi connectivity index (χ2n) is 6.14. The minimum absolute atomic E-state index is 0.734. The molecular weight excluding hydrogens is 222 g/mol. The molecule has 2 rings (SSSR count).